The molecule has 1 aromatic carbocycles. The van der Waals surface area contributed by atoms with E-state index in [1.807, 2.05) is 6.92 Å². The first-order chi connectivity index (χ1) is 9.45. The van der Waals surface area contributed by atoms with Gasteiger partial charge in [0.25, 0.3) is 0 Å². The van der Waals surface area contributed by atoms with Crippen LogP contribution in [0, 0.1) is 6.92 Å². The number of hydrogen-bond donors (Lipinski definition) is 3. The molecule has 0 aromatic heterocycles. The Morgan fingerprint density at radius 2 is 2.10 bits per heavy atom. The van der Waals surface area contributed by atoms with Gasteiger partial charge in [-0.1, -0.05) is 13.0 Å². The maximum atomic E-state index is 11.8. The summed E-state index contributed by atoms with van der Waals surface area (Å²) in [6, 6.07) is 4.55. The van der Waals surface area contributed by atoms with E-state index < -0.39 is 5.97 Å². The largest absolute Gasteiger partial charge is 0.478 e. The van der Waals surface area contributed by atoms with Gasteiger partial charge in [-0.05, 0) is 37.3 Å². The predicted molar refractivity (Wildman–Crippen MR) is 82.8 cm³/mol. The quantitative estimate of drug-likeness (QED) is 0.754. The van der Waals surface area contributed by atoms with Crippen LogP contribution in [0.1, 0.15) is 29.8 Å². The minimum absolute atomic E-state index is 0.0583. The number of carboxylic acid groups (broad SMARTS) is 1. The molecular formula is C14H20N2O3S. The number of thioether (sulfide) groups is 1. The number of hydrogen-bond acceptors (Lipinski definition) is 3. The second-order valence-electron chi connectivity index (χ2n) is 4.44. The third-order valence-electron chi connectivity index (χ3n) is 2.76. The molecule has 5 nitrogen and oxygen atoms in total. The maximum absolute atomic E-state index is 11.8. The summed E-state index contributed by atoms with van der Waals surface area (Å²) in [5.74, 6) is 0.852. The fourth-order valence-corrected chi connectivity index (χ4v) is 2.39. The van der Waals surface area contributed by atoms with Crippen molar-refractivity contribution in [1.29, 1.82) is 0 Å². The molecule has 0 aliphatic rings. The van der Waals surface area contributed by atoms with E-state index in [0.29, 0.717) is 11.3 Å². The van der Waals surface area contributed by atoms with Gasteiger partial charge < -0.3 is 15.7 Å². The van der Waals surface area contributed by atoms with E-state index >= 15 is 0 Å². The van der Waals surface area contributed by atoms with Crippen molar-refractivity contribution in [2.45, 2.75) is 26.8 Å². The van der Waals surface area contributed by atoms with E-state index in [0.717, 1.165) is 11.5 Å². The lowest BCUT2D eigenvalue weighted by Crippen LogP contribution is -2.37. The third kappa shape index (κ3) is 4.77. The summed E-state index contributed by atoms with van der Waals surface area (Å²) in [4.78, 5) is 22.9. The Morgan fingerprint density at radius 3 is 2.70 bits per heavy atom. The van der Waals surface area contributed by atoms with Crippen molar-refractivity contribution >= 4 is 29.4 Å². The molecule has 6 heteroatoms. The second kappa shape index (κ2) is 7.79. The van der Waals surface area contributed by atoms with Crippen LogP contribution in [0.15, 0.2) is 18.2 Å². The summed E-state index contributed by atoms with van der Waals surface area (Å²) in [7, 11) is 0. The lowest BCUT2D eigenvalue weighted by Gasteiger charge is -2.15. The molecule has 0 aliphatic heterocycles. The summed E-state index contributed by atoms with van der Waals surface area (Å²) in [5, 5.41) is 14.5. The molecule has 1 rings (SSSR count). The van der Waals surface area contributed by atoms with Gasteiger partial charge in [0.1, 0.15) is 0 Å². The first-order valence-electron chi connectivity index (χ1n) is 6.43. The number of benzene rings is 1. The number of rotatable bonds is 6. The maximum Gasteiger partial charge on any atom is 0.336 e. The van der Waals surface area contributed by atoms with Crippen molar-refractivity contribution in [2.24, 2.45) is 0 Å². The number of amides is 2. The number of aromatic carboxylic acids is 1. The number of carbonyl (C=O) groups is 2. The van der Waals surface area contributed by atoms with E-state index in [1.165, 1.54) is 6.07 Å². The predicted octanol–water partition coefficient (Wildman–Crippen LogP) is 2.96. The van der Waals surface area contributed by atoms with E-state index in [-0.39, 0.29) is 17.6 Å². The molecule has 20 heavy (non-hydrogen) atoms. The smallest absolute Gasteiger partial charge is 0.336 e. The molecule has 0 aliphatic carbocycles. The van der Waals surface area contributed by atoms with Crippen LogP contribution in [0.25, 0.3) is 0 Å². The summed E-state index contributed by atoms with van der Waals surface area (Å²) >= 11 is 1.75. The van der Waals surface area contributed by atoms with Crippen LogP contribution in [0.3, 0.4) is 0 Å². The minimum atomic E-state index is -1.00. The van der Waals surface area contributed by atoms with Gasteiger partial charge in [0, 0.05) is 17.5 Å². The van der Waals surface area contributed by atoms with Gasteiger partial charge in [0.05, 0.1) is 5.56 Å². The lowest BCUT2D eigenvalue weighted by molar-refractivity contribution is 0.0696. The van der Waals surface area contributed by atoms with Gasteiger partial charge in [-0.25, -0.2) is 9.59 Å². The van der Waals surface area contributed by atoms with Crippen LogP contribution >= 0.6 is 11.8 Å². The zero-order valence-corrected chi connectivity index (χ0v) is 12.7. The van der Waals surface area contributed by atoms with Crippen molar-refractivity contribution < 1.29 is 14.7 Å². The highest BCUT2D eigenvalue weighted by Gasteiger charge is 2.13. The van der Waals surface area contributed by atoms with Crippen LogP contribution in [0.5, 0.6) is 0 Å². The highest BCUT2D eigenvalue weighted by molar-refractivity contribution is 7.99. The van der Waals surface area contributed by atoms with Crippen LogP contribution < -0.4 is 10.6 Å². The highest BCUT2D eigenvalue weighted by atomic mass is 32.2. The molecular weight excluding hydrogens is 276 g/mol. The van der Waals surface area contributed by atoms with Gasteiger partial charge in [-0.15, -0.1) is 0 Å². The average Bonchev–Trinajstić information content (AvgIpc) is 2.38. The molecule has 0 heterocycles. The van der Waals surface area contributed by atoms with Gasteiger partial charge in [-0.3, -0.25) is 0 Å². The van der Waals surface area contributed by atoms with Gasteiger partial charge in [0.15, 0.2) is 0 Å². The molecule has 3 N–H and O–H groups in total. The van der Waals surface area contributed by atoms with E-state index in [1.54, 1.807) is 30.8 Å². The molecule has 2 amide bonds. The monoisotopic (exact) mass is 296 g/mol. The number of nitrogens with one attached hydrogen (secondary N) is 2. The lowest BCUT2D eigenvalue weighted by atomic mass is 10.1. The van der Waals surface area contributed by atoms with Crippen molar-refractivity contribution in [3.8, 4) is 0 Å². The van der Waals surface area contributed by atoms with Gasteiger partial charge >= 0.3 is 12.0 Å². The molecule has 1 unspecified atom stereocenters. The van der Waals surface area contributed by atoms with E-state index in [4.69, 9.17) is 5.11 Å². The topological polar surface area (TPSA) is 78.4 Å². The first-order valence-corrected chi connectivity index (χ1v) is 7.59. The summed E-state index contributed by atoms with van der Waals surface area (Å²) in [6.45, 7) is 5.68. The summed E-state index contributed by atoms with van der Waals surface area (Å²) in [6.07, 6.45) is 0. The minimum Gasteiger partial charge on any atom is -0.478 e. The number of urea groups is 1. The van der Waals surface area contributed by atoms with Crippen LogP contribution in [-0.2, 0) is 0 Å². The molecule has 0 bridgehead atoms. The van der Waals surface area contributed by atoms with Crippen LogP contribution in [-0.4, -0.2) is 34.7 Å². The number of carbonyl (C=O) groups excluding carboxylic acids is 1. The molecule has 1 aromatic rings. The standard InChI is InChI=1S/C14H20N2O3S/c1-4-20-8-9(2)15-14(19)16-12-7-5-6-11(10(12)3)13(17)18/h5-7,9H,4,8H2,1-3H3,(H,17,18)(H2,15,16,19). The van der Waals surface area contributed by atoms with Crippen molar-refractivity contribution in [2.75, 3.05) is 16.8 Å². The Bertz CT molecular complexity index is 491. The second-order valence-corrected chi connectivity index (χ2v) is 5.76. The van der Waals surface area contributed by atoms with Crippen LogP contribution in [0.4, 0.5) is 10.5 Å². The summed E-state index contributed by atoms with van der Waals surface area (Å²) < 4.78 is 0. The highest BCUT2D eigenvalue weighted by Crippen LogP contribution is 2.18. The molecule has 1 atom stereocenters. The molecule has 0 fully saturated rings. The van der Waals surface area contributed by atoms with Gasteiger partial charge in [-0.2, -0.15) is 11.8 Å². The molecule has 110 valence electrons. The molecule has 0 spiro atoms. The van der Waals surface area contributed by atoms with E-state index in [2.05, 4.69) is 17.6 Å². The van der Waals surface area contributed by atoms with Crippen molar-refractivity contribution in [1.82, 2.24) is 5.32 Å². The van der Waals surface area contributed by atoms with Gasteiger partial charge in [0.2, 0.25) is 0 Å². The number of anilines is 1. The Morgan fingerprint density at radius 1 is 1.40 bits per heavy atom. The van der Waals surface area contributed by atoms with Crippen molar-refractivity contribution in [3.63, 3.8) is 0 Å². The van der Waals surface area contributed by atoms with E-state index in [9.17, 15) is 9.59 Å². The fourth-order valence-electron chi connectivity index (χ4n) is 1.72. The molecule has 0 saturated heterocycles. The zero-order valence-electron chi connectivity index (χ0n) is 11.9. The van der Waals surface area contributed by atoms with Crippen LogP contribution in [0.2, 0.25) is 0 Å². The first kappa shape index (κ1) is 16.4. The Hall–Kier alpha value is -1.69. The van der Waals surface area contributed by atoms with Crippen molar-refractivity contribution in [3.05, 3.63) is 29.3 Å². The summed E-state index contributed by atoms with van der Waals surface area (Å²) in [5.41, 5.74) is 1.25. The Balaban J connectivity index is 2.67. The third-order valence-corrected chi connectivity index (χ3v) is 3.91. The molecule has 0 saturated carbocycles. The normalized spacial score (nSPS) is 11.8. The average molecular weight is 296 g/mol. The zero-order chi connectivity index (χ0) is 15.1. The SMILES string of the molecule is CCSCC(C)NC(=O)Nc1cccc(C(=O)O)c1C. The molecule has 0 radical (unpaired) electrons. The Kier molecular flexibility index (Phi) is 6.38. The fraction of sp³-hybridized carbons (Fsp3) is 0.429. The Labute approximate surface area is 123 Å². The number of carboxylic acids is 1.